The highest BCUT2D eigenvalue weighted by Crippen LogP contribution is 2.30. The maximum absolute atomic E-state index is 13.4. The van der Waals surface area contributed by atoms with E-state index in [0.717, 1.165) is 30.9 Å². The summed E-state index contributed by atoms with van der Waals surface area (Å²) in [5, 5.41) is 2.90. The van der Waals surface area contributed by atoms with Gasteiger partial charge in [0.15, 0.2) is 23.3 Å². The highest BCUT2D eigenvalue weighted by Gasteiger charge is 2.21. The highest BCUT2D eigenvalue weighted by atomic mass is 19.2. The molecule has 1 saturated heterocycles. The maximum atomic E-state index is 13.4. The molecular weight excluding hydrogens is 381 g/mol. The number of hydrogen-bond donors (Lipinski definition) is 2. The van der Waals surface area contributed by atoms with Crippen LogP contribution in [0.5, 0.6) is 0 Å². The quantitative estimate of drug-likeness (QED) is 0.698. The fourth-order valence-electron chi connectivity index (χ4n) is 3.28. The number of anilines is 5. The minimum atomic E-state index is -0.959. The molecule has 1 aromatic heterocycles. The molecule has 1 fully saturated rings. The van der Waals surface area contributed by atoms with Gasteiger partial charge in [-0.2, -0.15) is 0 Å². The molecule has 0 spiro atoms. The predicted octanol–water partition coefficient (Wildman–Crippen LogP) is 3.55. The maximum Gasteiger partial charge on any atom is 0.160 e. The first kappa shape index (κ1) is 18.9. The molecule has 0 aliphatic carbocycles. The van der Waals surface area contributed by atoms with Gasteiger partial charge in [-0.25, -0.2) is 23.1 Å². The molecule has 2 aromatic carbocycles. The third-order valence-electron chi connectivity index (χ3n) is 4.82. The summed E-state index contributed by atoms with van der Waals surface area (Å²) in [5.41, 5.74) is 7.86. The molecule has 6 nitrogen and oxygen atoms in total. The zero-order valence-electron chi connectivity index (χ0n) is 15.4. The number of aromatic nitrogens is 2. The van der Waals surface area contributed by atoms with Gasteiger partial charge in [-0.05, 0) is 36.4 Å². The molecular formula is C20H19F3N6. The van der Waals surface area contributed by atoms with Gasteiger partial charge >= 0.3 is 0 Å². The Labute approximate surface area is 165 Å². The lowest BCUT2D eigenvalue weighted by Gasteiger charge is -2.37. The molecule has 150 valence electrons. The van der Waals surface area contributed by atoms with Gasteiger partial charge in [-0.1, -0.05) is 0 Å². The van der Waals surface area contributed by atoms with Crippen molar-refractivity contribution in [1.82, 2.24) is 9.97 Å². The number of nitrogen functional groups attached to an aromatic ring is 1. The average molecular weight is 400 g/mol. The molecule has 3 aromatic rings. The van der Waals surface area contributed by atoms with Crippen molar-refractivity contribution in [1.29, 1.82) is 0 Å². The summed E-state index contributed by atoms with van der Waals surface area (Å²) in [6, 6.07) is 9.88. The van der Waals surface area contributed by atoms with E-state index in [4.69, 9.17) is 5.73 Å². The molecule has 1 aliphatic heterocycles. The third kappa shape index (κ3) is 4.03. The number of piperazine rings is 1. The van der Waals surface area contributed by atoms with Crippen LogP contribution in [0.15, 0.2) is 48.8 Å². The van der Waals surface area contributed by atoms with Crippen LogP contribution in [0.25, 0.3) is 0 Å². The van der Waals surface area contributed by atoms with E-state index < -0.39 is 11.6 Å². The standard InChI is InChI=1S/C20H19F3N6/c21-13-1-4-15(5-2-13)28-7-9-29(10-8-28)20-18(24)19(25-12-26-20)27-14-3-6-16(22)17(23)11-14/h1-6,11-12H,7-10,24H2,(H,25,26,27). The summed E-state index contributed by atoms with van der Waals surface area (Å²) in [4.78, 5) is 12.6. The topological polar surface area (TPSA) is 70.3 Å². The van der Waals surface area contributed by atoms with E-state index in [1.54, 1.807) is 12.1 Å². The lowest BCUT2D eigenvalue weighted by atomic mass is 10.2. The lowest BCUT2D eigenvalue weighted by Crippen LogP contribution is -2.47. The van der Waals surface area contributed by atoms with Crippen molar-refractivity contribution in [3.8, 4) is 0 Å². The Morgan fingerprint density at radius 3 is 2.21 bits per heavy atom. The highest BCUT2D eigenvalue weighted by molar-refractivity contribution is 5.78. The van der Waals surface area contributed by atoms with Crippen molar-refractivity contribution in [2.45, 2.75) is 0 Å². The SMILES string of the molecule is Nc1c(Nc2ccc(F)c(F)c2)ncnc1N1CCN(c2ccc(F)cc2)CC1. The molecule has 0 radical (unpaired) electrons. The van der Waals surface area contributed by atoms with E-state index in [1.165, 1.54) is 24.5 Å². The largest absolute Gasteiger partial charge is 0.393 e. The number of nitrogens with two attached hydrogens (primary N) is 1. The van der Waals surface area contributed by atoms with Gasteiger partial charge in [0.1, 0.15) is 17.8 Å². The monoisotopic (exact) mass is 400 g/mol. The normalized spacial score (nSPS) is 14.2. The summed E-state index contributed by atoms with van der Waals surface area (Å²) < 4.78 is 39.7. The van der Waals surface area contributed by atoms with Crippen LogP contribution in [0, 0.1) is 17.5 Å². The smallest absolute Gasteiger partial charge is 0.160 e. The van der Waals surface area contributed by atoms with Crippen LogP contribution >= 0.6 is 0 Å². The van der Waals surface area contributed by atoms with E-state index in [-0.39, 0.29) is 5.82 Å². The number of rotatable bonds is 4. The first-order valence-corrected chi connectivity index (χ1v) is 9.09. The van der Waals surface area contributed by atoms with Gasteiger partial charge in [-0.3, -0.25) is 0 Å². The van der Waals surface area contributed by atoms with E-state index >= 15 is 0 Å². The fourth-order valence-corrected chi connectivity index (χ4v) is 3.28. The predicted molar refractivity (Wildman–Crippen MR) is 107 cm³/mol. The molecule has 0 amide bonds. The van der Waals surface area contributed by atoms with E-state index in [0.29, 0.717) is 36.1 Å². The number of benzene rings is 2. The van der Waals surface area contributed by atoms with Crippen molar-refractivity contribution < 1.29 is 13.2 Å². The summed E-state index contributed by atoms with van der Waals surface area (Å²) in [7, 11) is 0. The van der Waals surface area contributed by atoms with Crippen molar-refractivity contribution in [3.05, 3.63) is 66.2 Å². The minimum absolute atomic E-state index is 0.262. The zero-order chi connectivity index (χ0) is 20.4. The summed E-state index contributed by atoms with van der Waals surface area (Å²) in [6.45, 7) is 2.79. The lowest BCUT2D eigenvalue weighted by molar-refractivity contribution is 0.509. The summed E-state index contributed by atoms with van der Waals surface area (Å²) in [5.74, 6) is -1.25. The Balaban J connectivity index is 1.47. The summed E-state index contributed by atoms with van der Waals surface area (Å²) in [6.07, 6.45) is 1.38. The van der Waals surface area contributed by atoms with Crippen LogP contribution in [0.4, 0.5) is 41.9 Å². The number of hydrogen-bond acceptors (Lipinski definition) is 6. The number of nitrogens with zero attached hydrogens (tertiary/aromatic N) is 4. The molecule has 1 aliphatic rings. The average Bonchev–Trinajstić information content (AvgIpc) is 2.73. The first-order valence-electron chi connectivity index (χ1n) is 9.09. The Morgan fingerprint density at radius 2 is 1.52 bits per heavy atom. The minimum Gasteiger partial charge on any atom is -0.393 e. The fraction of sp³-hybridized carbons (Fsp3) is 0.200. The van der Waals surface area contributed by atoms with Gasteiger partial charge in [0, 0.05) is 43.6 Å². The van der Waals surface area contributed by atoms with Crippen LogP contribution in [-0.4, -0.2) is 36.1 Å². The molecule has 29 heavy (non-hydrogen) atoms. The second kappa shape index (κ2) is 7.86. The van der Waals surface area contributed by atoms with Gasteiger partial charge in [-0.15, -0.1) is 0 Å². The van der Waals surface area contributed by atoms with Crippen LogP contribution in [0.2, 0.25) is 0 Å². The van der Waals surface area contributed by atoms with E-state index in [1.807, 2.05) is 4.90 Å². The Kier molecular flexibility index (Phi) is 5.11. The van der Waals surface area contributed by atoms with Crippen molar-refractivity contribution >= 4 is 28.7 Å². The van der Waals surface area contributed by atoms with Crippen molar-refractivity contribution in [2.75, 3.05) is 47.0 Å². The molecule has 2 heterocycles. The summed E-state index contributed by atoms with van der Waals surface area (Å²) >= 11 is 0. The van der Waals surface area contributed by atoms with Crippen molar-refractivity contribution in [3.63, 3.8) is 0 Å². The number of halogens is 3. The van der Waals surface area contributed by atoms with E-state index in [2.05, 4.69) is 20.2 Å². The molecule has 0 saturated carbocycles. The van der Waals surface area contributed by atoms with Gasteiger partial charge < -0.3 is 20.9 Å². The van der Waals surface area contributed by atoms with Crippen molar-refractivity contribution in [2.24, 2.45) is 0 Å². The van der Waals surface area contributed by atoms with Crippen LogP contribution in [0.1, 0.15) is 0 Å². The Hall–Kier alpha value is -3.49. The Morgan fingerprint density at radius 1 is 0.828 bits per heavy atom. The second-order valence-corrected chi connectivity index (χ2v) is 6.66. The van der Waals surface area contributed by atoms with E-state index in [9.17, 15) is 13.2 Å². The molecule has 0 bridgehead atoms. The molecule has 3 N–H and O–H groups in total. The molecule has 9 heteroatoms. The zero-order valence-corrected chi connectivity index (χ0v) is 15.4. The molecule has 0 atom stereocenters. The first-order chi connectivity index (χ1) is 14.0. The van der Waals surface area contributed by atoms with Crippen LogP contribution < -0.4 is 20.9 Å². The van der Waals surface area contributed by atoms with Gasteiger partial charge in [0.05, 0.1) is 0 Å². The van der Waals surface area contributed by atoms with Gasteiger partial charge in [0.2, 0.25) is 0 Å². The molecule has 4 rings (SSSR count). The second-order valence-electron chi connectivity index (χ2n) is 6.66. The molecule has 0 unspecified atom stereocenters. The van der Waals surface area contributed by atoms with Crippen LogP contribution in [0.3, 0.4) is 0 Å². The Bertz CT molecular complexity index is 1000. The van der Waals surface area contributed by atoms with Gasteiger partial charge in [0.25, 0.3) is 0 Å². The van der Waals surface area contributed by atoms with Crippen LogP contribution in [-0.2, 0) is 0 Å². The third-order valence-corrected chi connectivity index (χ3v) is 4.82. The number of nitrogens with one attached hydrogen (secondary N) is 1.